The number of anilines is 2. The molecule has 0 atom stereocenters. The predicted octanol–water partition coefficient (Wildman–Crippen LogP) is 6.65. The minimum atomic E-state index is -0.372. The van der Waals surface area contributed by atoms with E-state index in [0.717, 1.165) is 17.9 Å². The summed E-state index contributed by atoms with van der Waals surface area (Å²) in [6.07, 6.45) is 0.935. The van der Waals surface area contributed by atoms with Gasteiger partial charge in [0.05, 0.1) is 32.9 Å². The molecule has 1 heterocycles. The van der Waals surface area contributed by atoms with Gasteiger partial charge in [0, 0.05) is 37.4 Å². The van der Waals surface area contributed by atoms with E-state index < -0.39 is 0 Å². The zero-order valence-electron chi connectivity index (χ0n) is 19.8. The summed E-state index contributed by atoms with van der Waals surface area (Å²) in [6.45, 7) is 5.15. The maximum atomic E-state index is 12.9. The second-order valence-electron chi connectivity index (χ2n) is 8.37. The van der Waals surface area contributed by atoms with Crippen LogP contribution in [0.25, 0.3) is 0 Å². The fourth-order valence-corrected chi connectivity index (χ4v) is 4.65. The maximum Gasteiger partial charge on any atom is 0.257 e. The summed E-state index contributed by atoms with van der Waals surface area (Å²) in [5, 5.41) is 3.83. The van der Waals surface area contributed by atoms with Crippen molar-refractivity contribution in [3.63, 3.8) is 0 Å². The molecule has 3 aromatic rings. The highest BCUT2D eigenvalue weighted by Gasteiger charge is 2.24. The van der Waals surface area contributed by atoms with Crippen molar-refractivity contribution in [2.75, 3.05) is 43.0 Å². The monoisotopic (exact) mass is 545 g/mol. The number of nitrogens with zero attached hydrogens (tertiary/aromatic N) is 2. The molecule has 36 heavy (non-hydrogen) atoms. The van der Waals surface area contributed by atoms with E-state index in [2.05, 4.69) is 17.1 Å². The number of hydrogen-bond donors (Lipinski definition) is 1. The first-order valence-corrected chi connectivity index (χ1v) is 12.8. The standard InChI is InChI=1S/C27H26Cl3N3O3/c1-2-16-36-20-9-6-18(7-10-20)27(35)33-14-12-32(13-15-33)24-11-8-19(17-23(24)29)31-26(34)21-4-3-5-22(28)25(21)30/h3-11,17H,2,12-16H2,1H3,(H,31,34). The van der Waals surface area contributed by atoms with Crippen LogP contribution in [0.1, 0.15) is 34.1 Å². The SMILES string of the molecule is CCCOc1ccc(C(=O)N2CCN(c3ccc(NC(=O)c4cccc(Cl)c4Cl)cc3Cl)CC2)cc1. The van der Waals surface area contributed by atoms with Crippen molar-refractivity contribution in [2.24, 2.45) is 0 Å². The summed E-state index contributed by atoms with van der Waals surface area (Å²) in [6, 6.07) is 17.5. The van der Waals surface area contributed by atoms with Gasteiger partial charge in [-0.3, -0.25) is 9.59 Å². The fourth-order valence-electron chi connectivity index (χ4n) is 3.97. The average molecular weight is 547 g/mol. The number of benzene rings is 3. The Morgan fingerprint density at radius 1 is 0.917 bits per heavy atom. The third-order valence-electron chi connectivity index (χ3n) is 5.88. The Morgan fingerprint density at radius 2 is 1.64 bits per heavy atom. The third kappa shape index (κ3) is 6.06. The molecule has 0 saturated carbocycles. The molecule has 0 unspecified atom stereocenters. The van der Waals surface area contributed by atoms with Crippen molar-refractivity contribution in [1.29, 1.82) is 0 Å². The number of ether oxygens (including phenoxy) is 1. The average Bonchev–Trinajstić information content (AvgIpc) is 2.89. The molecule has 6 nitrogen and oxygen atoms in total. The second kappa shape index (κ2) is 11.9. The molecule has 0 aliphatic carbocycles. The van der Waals surface area contributed by atoms with Crippen molar-refractivity contribution < 1.29 is 14.3 Å². The number of piperazine rings is 1. The largest absolute Gasteiger partial charge is 0.494 e. The predicted molar refractivity (Wildman–Crippen MR) is 146 cm³/mol. The van der Waals surface area contributed by atoms with Gasteiger partial charge in [0.15, 0.2) is 0 Å². The molecule has 9 heteroatoms. The molecule has 2 amide bonds. The number of nitrogens with one attached hydrogen (secondary N) is 1. The summed E-state index contributed by atoms with van der Waals surface area (Å²) in [5.41, 5.74) is 2.32. The van der Waals surface area contributed by atoms with E-state index >= 15 is 0 Å². The van der Waals surface area contributed by atoms with Crippen LogP contribution in [0.3, 0.4) is 0 Å². The van der Waals surface area contributed by atoms with Gasteiger partial charge in [-0.25, -0.2) is 0 Å². The van der Waals surface area contributed by atoms with Gasteiger partial charge in [-0.05, 0) is 61.0 Å². The van der Waals surface area contributed by atoms with Crippen molar-refractivity contribution >= 4 is 58.0 Å². The van der Waals surface area contributed by atoms with E-state index in [-0.39, 0.29) is 22.4 Å². The second-order valence-corrected chi connectivity index (χ2v) is 9.57. The van der Waals surface area contributed by atoms with E-state index in [1.54, 1.807) is 42.5 Å². The Balaban J connectivity index is 1.35. The van der Waals surface area contributed by atoms with E-state index in [1.807, 2.05) is 23.1 Å². The minimum Gasteiger partial charge on any atom is -0.494 e. The highest BCUT2D eigenvalue weighted by atomic mass is 35.5. The van der Waals surface area contributed by atoms with Gasteiger partial charge in [0.1, 0.15) is 5.75 Å². The normalized spacial score (nSPS) is 13.4. The van der Waals surface area contributed by atoms with E-state index in [1.165, 1.54) is 0 Å². The Morgan fingerprint density at radius 3 is 2.31 bits per heavy atom. The smallest absolute Gasteiger partial charge is 0.257 e. The quantitative estimate of drug-likeness (QED) is 0.360. The van der Waals surface area contributed by atoms with Crippen molar-refractivity contribution in [2.45, 2.75) is 13.3 Å². The summed E-state index contributed by atoms with van der Waals surface area (Å²) < 4.78 is 5.59. The molecule has 0 bridgehead atoms. The lowest BCUT2D eigenvalue weighted by Gasteiger charge is -2.36. The Hall–Kier alpha value is -2.93. The summed E-state index contributed by atoms with van der Waals surface area (Å²) in [7, 11) is 0. The van der Waals surface area contributed by atoms with Crippen molar-refractivity contribution in [1.82, 2.24) is 4.90 Å². The highest BCUT2D eigenvalue weighted by molar-refractivity contribution is 6.44. The molecule has 0 radical (unpaired) electrons. The molecule has 1 saturated heterocycles. The topological polar surface area (TPSA) is 61.9 Å². The lowest BCUT2D eigenvalue weighted by atomic mass is 10.1. The first kappa shape index (κ1) is 26.1. The first-order valence-electron chi connectivity index (χ1n) is 11.7. The Kier molecular flexibility index (Phi) is 8.62. The number of carbonyl (C=O) groups is 2. The molecule has 3 aromatic carbocycles. The lowest BCUT2D eigenvalue weighted by Crippen LogP contribution is -2.48. The van der Waals surface area contributed by atoms with Gasteiger partial charge in [0.25, 0.3) is 11.8 Å². The van der Waals surface area contributed by atoms with Crippen molar-refractivity contribution in [3.8, 4) is 5.75 Å². The van der Waals surface area contributed by atoms with E-state index in [0.29, 0.717) is 54.1 Å². The number of halogens is 3. The molecular weight excluding hydrogens is 521 g/mol. The van der Waals surface area contributed by atoms with Crippen LogP contribution in [0.2, 0.25) is 15.1 Å². The van der Waals surface area contributed by atoms with E-state index in [4.69, 9.17) is 39.5 Å². The summed E-state index contributed by atoms with van der Waals surface area (Å²) in [4.78, 5) is 29.5. The Bertz CT molecular complexity index is 1240. The molecular formula is C27H26Cl3N3O3. The molecule has 1 aliphatic rings. The van der Waals surface area contributed by atoms with Crippen LogP contribution in [-0.2, 0) is 0 Å². The number of carbonyl (C=O) groups excluding carboxylic acids is 2. The number of amides is 2. The van der Waals surface area contributed by atoms with Gasteiger partial charge in [-0.15, -0.1) is 0 Å². The first-order chi connectivity index (χ1) is 17.4. The molecule has 0 spiro atoms. The minimum absolute atomic E-state index is 0.000486. The maximum absolute atomic E-state index is 12.9. The van der Waals surface area contributed by atoms with Gasteiger partial charge < -0.3 is 19.9 Å². The van der Waals surface area contributed by atoms with Crippen LogP contribution in [0.4, 0.5) is 11.4 Å². The van der Waals surface area contributed by atoms with Crippen LogP contribution in [0.15, 0.2) is 60.7 Å². The van der Waals surface area contributed by atoms with Crippen LogP contribution in [-0.4, -0.2) is 49.5 Å². The summed E-state index contributed by atoms with van der Waals surface area (Å²) >= 11 is 18.7. The van der Waals surface area contributed by atoms with Gasteiger partial charge in [-0.2, -0.15) is 0 Å². The summed E-state index contributed by atoms with van der Waals surface area (Å²) in [5.74, 6) is 0.395. The Labute approximate surface area is 225 Å². The molecule has 0 aromatic heterocycles. The zero-order valence-corrected chi connectivity index (χ0v) is 22.0. The lowest BCUT2D eigenvalue weighted by molar-refractivity contribution is 0.0746. The van der Waals surface area contributed by atoms with Gasteiger partial charge >= 0.3 is 0 Å². The highest BCUT2D eigenvalue weighted by Crippen LogP contribution is 2.31. The van der Waals surface area contributed by atoms with Crippen molar-refractivity contribution in [3.05, 3.63) is 86.9 Å². The van der Waals surface area contributed by atoms with Crippen LogP contribution >= 0.6 is 34.8 Å². The number of rotatable bonds is 7. The third-order valence-corrected chi connectivity index (χ3v) is 7.01. The van der Waals surface area contributed by atoms with E-state index in [9.17, 15) is 9.59 Å². The zero-order chi connectivity index (χ0) is 25.7. The van der Waals surface area contributed by atoms with Gasteiger partial charge in [0.2, 0.25) is 0 Å². The molecule has 1 aliphatic heterocycles. The van der Waals surface area contributed by atoms with Crippen LogP contribution in [0, 0.1) is 0 Å². The number of hydrogen-bond acceptors (Lipinski definition) is 4. The van der Waals surface area contributed by atoms with Gasteiger partial charge in [-0.1, -0.05) is 47.8 Å². The molecule has 188 valence electrons. The molecule has 1 fully saturated rings. The van der Waals surface area contributed by atoms with Crippen LogP contribution in [0.5, 0.6) is 5.75 Å². The fraction of sp³-hybridized carbons (Fsp3) is 0.259. The van der Waals surface area contributed by atoms with Crippen LogP contribution < -0.4 is 15.0 Å². The molecule has 1 N–H and O–H groups in total. The molecule has 4 rings (SSSR count).